The highest BCUT2D eigenvalue weighted by Crippen LogP contribution is 2.34. The summed E-state index contributed by atoms with van der Waals surface area (Å²) in [6, 6.07) is 4.84. The minimum Gasteiger partial charge on any atom is -0.476 e. The van der Waals surface area contributed by atoms with Gasteiger partial charge >= 0.3 is 12.1 Å². The van der Waals surface area contributed by atoms with Crippen LogP contribution in [0.3, 0.4) is 0 Å². The molecule has 0 spiro atoms. The first-order valence-corrected chi connectivity index (χ1v) is 7.84. The summed E-state index contributed by atoms with van der Waals surface area (Å²) >= 11 is 0. The van der Waals surface area contributed by atoms with E-state index < -0.39 is 35.0 Å². The highest BCUT2D eigenvalue weighted by Gasteiger charge is 2.38. The van der Waals surface area contributed by atoms with Crippen LogP contribution in [0.4, 0.5) is 23.4 Å². The van der Waals surface area contributed by atoms with Crippen molar-refractivity contribution < 1.29 is 32.3 Å². The third kappa shape index (κ3) is 3.77. The zero-order valence-corrected chi connectivity index (χ0v) is 14.0. The Morgan fingerprint density at radius 2 is 1.86 bits per heavy atom. The number of hydrogen-bond acceptors (Lipinski definition) is 5. The molecule has 1 aromatic heterocycles. The van der Waals surface area contributed by atoms with Crippen LogP contribution in [-0.4, -0.2) is 45.3 Å². The molecule has 0 bridgehead atoms. The van der Waals surface area contributed by atoms with Crippen molar-refractivity contribution in [2.75, 3.05) is 18.1 Å². The van der Waals surface area contributed by atoms with Crippen LogP contribution in [0.2, 0.25) is 0 Å². The van der Waals surface area contributed by atoms with E-state index in [2.05, 4.69) is 10.2 Å². The van der Waals surface area contributed by atoms with Gasteiger partial charge in [-0.05, 0) is 30.3 Å². The summed E-state index contributed by atoms with van der Waals surface area (Å²) in [5.74, 6) is -3.51. The van der Waals surface area contributed by atoms with Gasteiger partial charge in [-0.15, -0.1) is 10.2 Å². The summed E-state index contributed by atoms with van der Waals surface area (Å²) in [5, 5.41) is 16.1. The van der Waals surface area contributed by atoms with E-state index in [1.807, 2.05) is 0 Å². The predicted octanol–water partition coefficient (Wildman–Crippen LogP) is 2.77. The lowest BCUT2D eigenvalue weighted by molar-refractivity contribution is -0.138. The summed E-state index contributed by atoms with van der Waals surface area (Å²) in [4.78, 5) is 25.8. The number of carbonyl (C=O) groups excluding carboxylic acids is 1. The summed E-state index contributed by atoms with van der Waals surface area (Å²) in [7, 11) is 0. The van der Waals surface area contributed by atoms with Gasteiger partial charge in [0.2, 0.25) is 0 Å². The minimum atomic E-state index is -4.89. The molecule has 0 aliphatic carbocycles. The highest BCUT2D eigenvalue weighted by molar-refractivity contribution is 5.96. The average Bonchev–Trinajstić information content (AvgIpc) is 2.67. The molecule has 0 radical (unpaired) electrons. The molecule has 2 heterocycles. The number of rotatable bonds is 3. The maximum atomic E-state index is 14.1. The second-order valence-corrected chi connectivity index (χ2v) is 5.77. The molecule has 146 valence electrons. The molecular formula is C17H12F4N4O3. The molecule has 11 heteroatoms. The number of halogens is 4. The monoisotopic (exact) mass is 396 g/mol. The SMILES string of the molecule is O=C(O)c1ccc(N2C=CCN(C(=O)c3c(F)cccc3C(F)(F)F)C2)nn1. The normalized spacial score (nSPS) is 14.3. The van der Waals surface area contributed by atoms with E-state index in [1.165, 1.54) is 29.3 Å². The fraction of sp³-hybridized carbons (Fsp3) is 0.176. The first-order chi connectivity index (χ1) is 13.2. The van der Waals surface area contributed by atoms with E-state index >= 15 is 0 Å². The van der Waals surface area contributed by atoms with Crippen LogP contribution < -0.4 is 4.90 Å². The zero-order valence-electron chi connectivity index (χ0n) is 14.0. The van der Waals surface area contributed by atoms with Crippen LogP contribution in [0, 0.1) is 5.82 Å². The number of anilines is 1. The molecule has 1 aliphatic heterocycles. The number of aromatic nitrogens is 2. The first-order valence-electron chi connectivity index (χ1n) is 7.84. The van der Waals surface area contributed by atoms with Gasteiger partial charge < -0.3 is 14.9 Å². The summed E-state index contributed by atoms with van der Waals surface area (Å²) in [6.45, 7) is -0.260. The third-order valence-electron chi connectivity index (χ3n) is 3.92. The fourth-order valence-corrected chi connectivity index (χ4v) is 2.61. The number of nitrogens with zero attached hydrogens (tertiary/aromatic N) is 4. The lowest BCUT2D eigenvalue weighted by atomic mass is 10.0. The molecule has 2 aromatic rings. The van der Waals surface area contributed by atoms with E-state index in [1.54, 1.807) is 0 Å². The lowest BCUT2D eigenvalue weighted by Gasteiger charge is -2.32. The number of carboxylic acid groups (broad SMARTS) is 1. The Morgan fingerprint density at radius 1 is 1.11 bits per heavy atom. The second-order valence-electron chi connectivity index (χ2n) is 5.77. The van der Waals surface area contributed by atoms with Gasteiger partial charge in [0.1, 0.15) is 5.82 Å². The molecule has 0 saturated carbocycles. The van der Waals surface area contributed by atoms with Crippen molar-refractivity contribution in [3.8, 4) is 0 Å². The van der Waals surface area contributed by atoms with Crippen LogP contribution in [0.15, 0.2) is 42.6 Å². The summed E-state index contributed by atoms with van der Waals surface area (Å²) in [5.41, 5.74) is -2.71. The quantitative estimate of drug-likeness (QED) is 0.803. The lowest BCUT2D eigenvalue weighted by Crippen LogP contribution is -2.43. The van der Waals surface area contributed by atoms with Gasteiger partial charge in [0.15, 0.2) is 11.5 Å². The molecule has 7 nitrogen and oxygen atoms in total. The Balaban J connectivity index is 1.87. The number of benzene rings is 1. The van der Waals surface area contributed by atoms with Gasteiger partial charge in [-0.1, -0.05) is 6.07 Å². The molecule has 3 rings (SSSR count). The summed E-state index contributed by atoms with van der Waals surface area (Å²) < 4.78 is 53.6. The van der Waals surface area contributed by atoms with Gasteiger partial charge in [-0.3, -0.25) is 4.79 Å². The standard InChI is InChI=1S/C17H12F4N4O3/c18-11-4-1-3-10(17(19,20)21)14(11)15(26)25-8-2-7-24(9-25)13-6-5-12(16(27)28)22-23-13/h1-7H,8-9H2,(H,27,28). The maximum absolute atomic E-state index is 14.1. The van der Waals surface area contributed by atoms with Crippen LogP contribution in [0.1, 0.15) is 26.4 Å². The van der Waals surface area contributed by atoms with Gasteiger partial charge in [0.25, 0.3) is 5.91 Å². The average molecular weight is 396 g/mol. The molecular weight excluding hydrogens is 384 g/mol. The van der Waals surface area contributed by atoms with Crippen molar-refractivity contribution in [3.05, 3.63) is 65.2 Å². The number of alkyl halides is 3. The van der Waals surface area contributed by atoms with Gasteiger partial charge in [-0.2, -0.15) is 13.2 Å². The van der Waals surface area contributed by atoms with E-state index in [0.717, 1.165) is 17.0 Å². The number of aromatic carboxylic acids is 1. The molecule has 28 heavy (non-hydrogen) atoms. The Labute approximate surface area is 155 Å². The van der Waals surface area contributed by atoms with Gasteiger partial charge in [0, 0.05) is 12.7 Å². The van der Waals surface area contributed by atoms with Crippen LogP contribution >= 0.6 is 0 Å². The Kier molecular flexibility index (Phi) is 4.99. The van der Waals surface area contributed by atoms with Gasteiger partial charge in [0.05, 0.1) is 17.8 Å². The number of carboxylic acids is 1. The van der Waals surface area contributed by atoms with Crippen LogP contribution in [0.5, 0.6) is 0 Å². The topological polar surface area (TPSA) is 86.6 Å². The van der Waals surface area contributed by atoms with Crippen molar-refractivity contribution in [1.82, 2.24) is 15.1 Å². The molecule has 1 N–H and O–H groups in total. The Bertz CT molecular complexity index is 944. The molecule has 0 unspecified atom stereocenters. The first kappa shape index (κ1) is 19.3. The molecule has 1 amide bonds. The maximum Gasteiger partial charge on any atom is 0.417 e. The van der Waals surface area contributed by atoms with Crippen molar-refractivity contribution in [3.63, 3.8) is 0 Å². The van der Waals surface area contributed by atoms with Crippen LogP contribution in [-0.2, 0) is 6.18 Å². The van der Waals surface area contributed by atoms with E-state index in [-0.39, 0.29) is 24.7 Å². The van der Waals surface area contributed by atoms with Gasteiger partial charge in [-0.25, -0.2) is 9.18 Å². The smallest absolute Gasteiger partial charge is 0.417 e. The van der Waals surface area contributed by atoms with Crippen molar-refractivity contribution in [2.24, 2.45) is 0 Å². The van der Waals surface area contributed by atoms with E-state index in [4.69, 9.17) is 5.11 Å². The number of amides is 1. The third-order valence-corrected chi connectivity index (χ3v) is 3.92. The molecule has 1 aromatic carbocycles. The van der Waals surface area contributed by atoms with Crippen molar-refractivity contribution >= 4 is 17.7 Å². The van der Waals surface area contributed by atoms with Crippen molar-refractivity contribution in [2.45, 2.75) is 6.18 Å². The van der Waals surface area contributed by atoms with E-state index in [0.29, 0.717) is 6.07 Å². The molecule has 0 fully saturated rings. The second kappa shape index (κ2) is 7.25. The van der Waals surface area contributed by atoms with Crippen LogP contribution in [0.25, 0.3) is 0 Å². The Morgan fingerprint density at radius 3 is 2.46 bits per heavy atom. The fourth-order valence-electron chi connectivity index (χ4n) is 2.61. The Hall–Kier alpha value is -3.50. The van der Waals surface area contributed by atoms with Crippen molar-refractivity contribution in [1.29, 1.82) is 0 Å². The molecule has 1 aliphatic rings. The zero-order chi connectivity index (χ0) is 20.5. The summed E-state index contributed by atoms with van der Waals surface area (Å²) in [6.07, 6.45) is -1.90. The minimum absolute atomic E-state index is 0.0401. The van der Waals surface area contributed by atoms with E-state index in [9.17, 15) is 27.2 Å². The predicted molar refractivity (Wildman–Crippen MR) is 87.9 cm³/mol. The molecule has 0 saturated heterocycles. The largest absolute Gasteiger partial charge is 0.476 e. The number of carbonyl (C=O) groups is 2. The highest BCUT2D eigenvalue weighted by atomic mass is 19.4. The number of hydrogen-bond donors (Lipinski definition) is 1. The molecule has 0 atom stereocenters.